The molecule has 23 heavy (non-hydrogen) atoms. The van der Waals surface area contributed by atoms with Crippen molar-refractivity contribution in [3.63, 3.8) is 0 Å². The average molecular weight is 330 g/mol. The number of hydrogen-bond donors (Lipinski definition) is 2. The van der Waals surface area contributed by atoms with Gasteiger partial charge >= 0.3 is 0 Å². The van der Waals surface area contributed by atoms with Gasteiger partial charge in [0.05, 0.1) is 16.9 Å². The molecule has 0 bridgehead atoms. The van der Waals surface area contributed by atoms with Gasteiger partial charge in [0.25, 0.3) is 5.91 Å². The fourth-order valence-corrected chi connectivity index (χ4v) is 2.56. The predicted octanol–water partition coefficient (Wildman–Crippen LogP) is 3.60. The lowest BCUT2D eigenvalue weighted by Crippen LogP contribution is -2.25. The van der Waals surface area contributed by atoms with Gasteiger partial charge < -0.3 is 14.7 Å². The summed E-state index contributed by atoms with van der Waals surface area (Å²) in [6.45, 7) is 2.29. The van der Waals surface area contributed by atoms with Crippen molar-refractivity contribution in [2.24, 2.45) is 0 Å². The number of halogens is 1. The molecule has 0 aliphatic rings. The van der Waals surface area contributed by atoms with Crippen molar-refractivity contribution < 1.29 is 9.21 Å². The van der Waals surface area contributed by atoms with Crippen LogP contribution in [0.1, 0.15) is 21.8 Å². The summed E-state index contributed by atoms with van der Waals surface area (Å²) in [7, 11) is 0. The molecule has 1 aromatic carbocycles. The minimum Gasteiger partial charge on any atom is -0.460 e. The van der Waals surface area contributed by atoms with E-state index in [9.17, 15) is 4.79 Å². The summed E-state index contributed by atoms with van der Waals surface area (Å²) in [6, 6.07) is 9.11. The van der Waals surface area contributed by atoms with Crippen LogP contribution in [0, 0.1) is 6.92 Å². The summed E-state index contributed by atoms with van der Waals surface area (Å²) in [5.41, 5.74) is 2.27. The van der Waals surface area contributed by atoms with E-state index in [0.717, 1.165) is 11.3 Å². The second-order valence-corrected chi connectivity index (χ2v) is 5.55. The van der Waals surface area contributed by atoms with E-state index in [1.807, 2.05) is 18.2 Å². The van der Waals surface area contributed by atoms with Crippen LogP contribution < -0.4 is 5.32 Å². The van der Waals surface area contributed by atoms with Gasteiger partial charge in [0.1, 0.15) is 11.5 Å². The highest BCUT2D eigenvalue weighted by Crippen LogP contribution is 2.30. The van der Waals surface area contributed by atoms with Crippen LogP contribution in [0.3, 0.4) is 0 Å². The fourth-order valence-electron chi connectivity index (χ4n) is 2.33. The Morgan fingerprint density at radius 3 is 2.96 bits per heavy atom. The minimum absolute atomic E-state index is 0.163. The number of furan rings is 1. The topological polar surface area (TPSA) is 70.9 Å². The zero-order valence-corrected chi connectivity index (χ0v) is 13.4. The maximum absolute atomic E-state index is 12.3. The first-order valence-electron chi connectivity index (χ1n) is 7.26. The summed E-state index contributed by atoms with van der Waals surface area (Å²) in [5, 5.41) is 3.47. The largest absolute Gasteiger partial charge is 0.460 e. The van der Waals surface area contributed by atoms with Crippen LogP contribution in [-0.4, -0.2) is 22.4 Å². The first-order chi connectivity index (χ1) is 11.1. The SMILES string of the molecule is Cc1oc(-c2ccccc2Cl)cc1C(=O)NCCc1cnc[nH]1. The zero-order chi connectivity index (χ0) is 16.2. The maximum Gasteiger partial charge on any atom is 0.254 e. The molecule has 118 valence electrons. The molecule has 0 radical (unpaired) electrons. The van der Waals surface area contributed by atoms with E-state index in [2.05, 4.69) is 15.3 Å². The molecule has 2 N–H and O–H groups in total. The number of nitrogens with one attached hydrogen (secondary N) is 2. The van der Waals surface area contributed by atoms with Gasteiger partial charge in [0.2, 0.25) is 0 Å². The fraction of sp³-hybridized carbons (Fsp3) is 0.176. The van der Waals surface area contributed by atoms with E-state index in [1.54, 1.807) is 31.6 Å². The van der Waals surface area contributed by atoms with E-state index >= 15 is 0 Å². The third-order valence-electron chi connectivity index (χ3n) is 3.54. The summed E-state index contributed by atoms with van der Waals surface area (Å²) < 4.78 is 5.69. The molecule has 0 atom stereocenters. The van der Waals surface area contributed by atoms with Gasteiger partial charge in [-0.3, -0.25) is 4.79 Å². The number of nitrogens with zero attached hydrogens (tertiary/aromatic N) is 1. The molecule has 0 saturated heterocycles. The molecule has 2 heterocycles. The standard InChI is InChI=1S/C17H16ClN3O2/c1-11-14(17(22)20-7-6-12-9-19-10-21-12)8-16(23-11)13-4-2-3-5-15(13)18/h2-5,8-10H,6-7H2,1H3,(H,19,21)(H,20,22). The number of carbonyl (C=O) groups excluding carboxylic acids is 1. The molecule has 0 unspecified atom stereocenters. The van der Waals surface area contributed by atoms with Crippen molar-refractivity contribution in [1.29, 1.82) is 0 Å². The Bertz CT molecular complexity index is 809. The van der Waals surface area contributed by atoms with Crippen LogP contribution in [-0.2, 0) is 6.42 Å². The van der Waals surface area contributed by atoms with Gasteiger partial charge in [-0.25, -0.2) is 4.98 Å². The third kappa shape index (κ3) is 3.46. The van der Waals surface area contributed by atoms with Crippen molar-refractivity contribution in [2.45, 2.75) is 13.3 Å². The molecular weight excluding hydrogens is 314 g/mol. The second kappa shape index (κ2) is 6.71. The first-order valence-corrected chi connectivity index (χ1v) is 7.63. The minimum atomic E-state index is -0.163. The zero-order valence-electron chi connectivity index (χ0n) is 12.6. The van der Waals surface area contributed by atoms with E-state index in [-0.39, 0.29) is 5.91 Å². The highest BCUT2D eigenvalue weighted by atomic mass is 35.5. The number of aryl methyl sites for hydroxylation is 1. The van der Waals surface area contributed by atoms with Crippen LogP contribution in [0.5, 0.6) is 0 Å². The van der Waals surface area contributed by atoms with Crippen molar-refractivity contribution in [3.8, 4) is 11.3 Å². The number of aromatic nitrogens is 2. The van der Waals surface area contributed by atoms with Crippen LogP contribution >= 0.6 is 11.6 Å². The molecule has 5 nitrogen and oxygen atoms in total. The Morgan fingerprint density at radius 1 is 1.39 bits per heavy atom. The van der Waals surface area contributed by atoms with Crippen LogP contribution in [0.4, 0.5) is 0 Å². The molecular formula is C17H16ClN3O2. The monoisotopic (exact) mass is 329 g/mol. The molecule has 0 aliphatic carbocycles. The van der Waals surface area contributed by atoms with Crippen LogP contribution in [0.15, 0.2) is 47.3 Å². The number of aromatic amines is 1. The Morgan fingerprint density at radius 2 is 2.22 bits per heavy atom. The number of imidazole rings is 1. The van der Waals surface area contributed by atoms with E-state index in [4.69, 9.17) is 16.0 Å². The maximum atomic E-state index is 12.3. The van der Waals surface area contributed by atoms with Crippen molar-refractivity contribution in [1.82, 2.24) is 15.3 Å². The number of carbonyl (C=O) groups is 1. The summed E-state index contributed by atoms with van der Waals surface area (Å²) in [5.74, 6) is 0.995. The summed E-state index contributed by atoms with van der Waals surface area (Å²) in [6.07, 6.45) is 4.05. The van der Waals surface area contributed by atoms with Gasteiger partial charge in [-0.15, -0.1) is 0 Å². The number of benzene rings is 1. The van der Waals surface area contributed by atoms with Gasteiger partial charge in [0, 0.05) is 30.4 Å². The molecule has 0 fully saturated rings. The van der Waals surface area contributed by atoms with Crippen molar-refractivity contribution in [3.05, 3.63) is 64.9 Å². The molecule has 0 saturated carbocycles. The van der Waals surface area contributed by atoms with Gasteiger partial charge in [-0.05, 0) is 25.1 Å². The van der Waals surface area contributed by atoms with Crippen LogP contribution in [0.25, 0.3) is 11.3 Å². The van der Waals surface area contributed by atoms with Crippen molar-refractivity contribution >= 4 is 17.5 Å². The molecule has 1 amide bonds. The lowest BCUT2D eigenvalue weighted by Gasteiger charge is -2.02. The quantitative estimate of drug-likeness (QED) is 0.751. The summed E-state index contributed by atoms with van der Waals surface area (Å²) in [4.78, 5) is 19.2. The highest BCUT2D eigenvalue weighted by Gasteiger charge is 2.16. The van der Waals surface area contributed by atoms with Gasteiger partial charge in [-0.1, -0.05) is 23.7 Å². The molecule has 6 heteroatoms. The Hall–Kier alpha value is -2.53. The molecule has 2 aromatic heterocycles. The smallest absolute Gasteiger partial charge is 0.254 e. The van der Waals surface area contributed by atoms with Crippen molar-refractivity contribution in [2.75, 3.05) is 6.54 Å². The Kier molecular flexibility index (Phi) is 4.48. The predicted molar refractivity (Wildman–Crippen MR) is 88.5 cm³/mol. The molecule has 0 spiro atoms. The van der Waals surface area contributed by atoms with E-state index < -0.39 is 0 Å². The van der Waals surface area contributed by atoms with Gasteiger partial charge in [-0.2, -0.15) is 0 Å². The second-order valence-electron chi connectivity index (χ2n) is 5.14. The normalized spacial score (nSPS) is 10.7. The Labute approximate surface area is 138 Å². The van der Waals surface area contributed by atoms with E-state index in [1.165, 1.54) is 0 Å². The molecule has 0 aliphatic heterocycles. The Balaban J connectivity index is 1.70. The number of H-pyrrole nitrogens is 1. The summed E-state index contributed by atoms with van der Waals surface area (Å²) >= 11 is 6.17. The number of hydrogen-bond acceptors (Lipinski definition) is 3. The first kappa shape index (κ1) is 15.4. The highest BCUT2D eigenvalue weighted by molar-refractivity contribution is 6.33. The third-order valence-corrected chi connectivity index (χ3v) is 3.87. The lowest BCUT2D eigenvalue weighted by molar-refractivity contribution is 0.0952. The molecule has 3 rings (SSSR count). The average Bonchev–Trinajstić information content (AvgIpc) is 3.17. The number of amides is 1. The van der Waals surface area contributed by atoms with E-state index in [0.29, 0.717) is 35.1 Å². The molecule has 3 aromatic rings. The number of rotatable bonds is 5. The van der Waals surface area contributed by atoms with Crippen LogP contribution in [0.2, 0.25) is 5.02 Å². The van der Waals surface area contributed by atoms with Gasteiger partial charge in [0.15, 0.2) is 0 Å². The lowest BCUT2D eigenvalue weighted by atomic mass is 10.1.